The van der Waals surface area contributed by atoms with E-state index in [1.54, 1.807) is 11.0 Å². The normalized spacial score (nSPS) is 16.1. The lowest BCUT2D eigenvalue weighted by molar-refractivity contribution is -0.162. The fourth-order valence-corrected chi connectivity index (χ4v) is 3.57. The summed E-state index contributed by atoms with van der Waals surface area (Å²) >= 11 is 0. The number of fused-ring (bicyclic) bond motifs is 1. The molecule has 1 fully saturated rings. The van der Waals surface area contributed by atoms with Gasteiger partial charge in [-0.05, 0) is 12.1 Å². The number of aromatic nitrogens is 1. The maximum absolute atomic E-state index is 13.2. The summed E-state index contributed by atoms with van der Waals surface area (Å²) in [4.78, 5) is 30.8. The number of nitrogens with zero attached hydrogens (tertiary/aromatic N) is 2. The summed E-state index contributed by atoms with van der Waals surface area (Å²) in [6.45, 7) is 0.387. The van der Waals surface area contributed by atoms with Gasteiger partial charge in [0.25, 0.3) is 5.91 Å². The van der Waals surface area contributed by atoms with Gasteiger partial charge in [0.15, 0.2) is 5.60 Å². The zero-order valence-corrected chi connectivity index (χ0v) is 15.2. The second-order valence-electron chi connectivity index (χ2n) is 7.07. The van der Waals surface area contributed by atoms with Crippen molar-refractivity contribution in [1.29, 1.82) is 0 Å². The molecule has 0 unspecified atom stereocenters. The summed E-state index contributed by atoms with van der Waals surface area (Å²) in [6.07, 6.45) is 0.0330. The van der Waals surface area contributed by atoms with E-state index in [1.807, 2.05) is 54.6 Å². The van der Waals surface area contributed by atoms with Gasteiger partial charge in [-0.3, -0.25) is 4.79 Å². The average molecular weight is 376 g/mol. The molecule has 1 amide bonds. The molecule has 0 saturated carbocycles. The molecule has 4 rings (SSSR count). The number of para-hydroxylation sites is 1. The van der Waals surface area contributed by atoms with Gasteiger partial charge in [-0.25, -0.2) is 9.78 Å². The van der Waals surface area contributed by atoms with E-state index < -0.39 is 11.6 Å². The molecule has 0 bridgehead atoms. The first-order valence-corrected chi connectivity index (χ1v) is 9.18. The lowest BCUT2D eigenvalue weighted by atomic mass is 9.91. The summed E-state index contributed by atoms with van der Waals surface area (Å²) in [7, 11) is 0. The first-order chi connectivity index (χ1) is 13.5. The smallest absolute Gasteiger partial charge is 0.335 e. The monoisotopic (exact) mass is 376 g/mol. The number of likely N-dealkylation sites (tertiary alicyclic amines) is 1. The molecule has 1 saturated heterocycles. The van der Waals surface area contributed by atoms with Crippen LogP contribution in [-0.4, -0.2) is 50.7 Å². The van der Waals surface area contributed by atoms with Crippen molar-refractivity contribution < 1.29 is 19.8 Å². The highest BCUT2D eigenvalue weighted by Gasteiger charge is 2.40. The van der Waals surface area contributed by atoms with Crippen LogP contribution >= 0.6 is 0 Å². The van der Waals surface area contributed by atoms with Gasteiger partial charge in [0.1, 0.15) is 0 Å². The maximum atomic E-state index is 13.2. The van der Waals surface area contributed by atoms with Gasteiger partial charge in [0.2, 0.25) is 0 Å². The molecule has 0 aliphatic carbocycles. The summed E-state index contributed by atoms with van der Waals surface area (Å²) in [5.41, 5.74) is 1.13. The molecule has 2 aromatic carbocycles. The lowest BCUT2D eigenvalue weighted by Crippen LogP contribution is -2.50. The molecule has 2 heterocycles. The molecule has 1 aliphatic rings. The molecule has 2 N–H and O–H groups in total. The molecule has 142 valence electrons. The number of benzene rings is 2. The molecule has 6 heteroatoms. The van der Waals surface area contributed by atoms with Gasteiger partial charge in [-0.15, -0.1) is 0 Å². The molecular formula is C22H20N2O4. The Balaban J connectivity index is 1.72. The third-order valence-corrected chi connectivity index (χ3v) is 5.29. The van der Waals surface area contributed by atoms with Crippen LogP contribution in [0.3, 0.4) is 0 Å². The largest absolute Gasteiger partial charge is 0.479 e. The highest BCUT2D eigenvalue weighted by molar-refractivity contribution is 6.07. The number of carboxylic acids is 1. The number of carboxylic acid groups (broad SMARTS) is 1. The predicted octanol–water partition coefficient (Wildman–Crippen LogP) is 2.95. The number of hydrogen-bond acceptors (Lipinski definition) is 4. The summed E-state index contributed by atoms with van der Waals surface area (Å²) in [5, 5.41) is 20.1. The lowest BCUT2D eigenvalue weighted by Gasteiger charge is -2.35. The van der Waals surface area contributed by atoms with Gasteiger partial charge in [0, 0.05) is 36.9 Å². The number of pyridine rings is 1. The predicted molar refractivity (Wildman–Crippen MR) is 105 cm³/mol. The maximum Gasteiger partial charge on any atom is 0.335 e. The quantitative estimate of drug-likeness (QED) is 0.733. The van der Waals surface area contributed by atoms with Crippen LogP contribution in [0.2, 0.25) is 0 Å². The molecule has 3 aromatic rings. The van der Waals surface area contributed by atoms with E-state index >= 15 is 0 Å². The first-order valence-electron chi connectivity index (χ1n) is 9.18. The van der Waals surface area contributed by atoms with Crippen molar-refractivity contribution in [2.75, 3.05) is 13.1 Å². The standard InChI is InChI=1S/C22H20N2O4/c25-20(24-12-10-22(28,11-13-24)21(26)27)17-14-19(15-6-2-1-3-7-15)23-18-9-5-4-8-16(17)18/h1-9,14,28H,10-13H2,(H,26,27). The van der Waals surface area contributed by atoms with E-state index in [9.17, 15) is 19.8 Å². The van der Waals surface area contributed by atoms with E-state index in [1.165, 1.54) is 0 Å². The second kappa shape index (κ2) is 7.05. The van der Waals surface area contributed by atoms with Gasteiger partial charge in [-0.2, -0.15) is 0 Å². The van der Waals surface area contributed by atoms with Gasteiger partial charge < -0.3 is 15.1 Å². The van der Waals surface area contributed by atoms with Crippen LogP contribution in [0, 0.1) is 0 Å². The Bertz CT molecular complexity index is 1040. The van der Waals surface area contributed by atoms with Crippen molar-refractivity contribution >= 4 is 22.8 Å². The number of aliphatic hydroxyl groups is 1. The molecular weight excluding hydrogens is 356 g/mol. The summed E-state index contributed by atoms with van der Waals surface area (Å²) in [5.74, 6) is -1.41. The van der Waals surface area contributed by atoms with Crippen molar-refractivity contribution in [3.63, 3.8) is 0 Å². The molecule has 0 radical (unpaired) electrons. The Labute approximate surface area is 162 Å². The fourth-order valence-electron chi connectivity index (χ4n) is 3.57. The molecule has 1 aliphatic heterocycles. The summed E-state index contributed by atoms with van der Waals surface area (Å²) in [6, 6.07) is 18.9. The molecule has 6 nitrogen and oxygen atoms in total. The first kappa shape index (κ1) is 18.1. The minimum atomic E-state index is -1.76. The van der Waals surface area contributed by atoms with Crippen LogP contribution in [0.25, 0.3) is 22.2 Å². The number of carbonyl (C=O) groups excluding carboxylic acids is 1. The van der Waals surface area contributed by atoms with Crippen molar-refractivity contribution in [2.45, 2.75) is 18.4 Å². The van der Waals surface area contributed by atoms with Gasteiger partial charge >= 0.3 is 5.97 Å². The second-order valence-corrected chi connectivity index (χ2v) is 7.07. The van der Waals surface area contributed by atoms with Crippen LogP contribution in [0.1, 0.15) is 23.2 Å². The Morgan fingerprint density at radius 2 is 1.61 bits per heavy atom. The molecule has 0 spiro atoms. The minimum absolute atomic E-state index is 0.0165. The SMILES string of the molecule is O=C(c1cc(-c2ccccc2)nc2ccccc12)N1CCC(O)(C(=O)O)CC1. The zero-order chi connectivity index (χ0) is 19.7. The van der Waals surface area contributed by atoms with E-state index in [-0.39, 0.29) is 31.8 Å². The van der Waals surface area contributed by atoms with Gasteiger partial charge in [0.05, 0.1) is 16.8 Å². The van der Waals surface area contributed by atoms with Crippen molar-refractivity contribution in [1.82, 2.24) is 9.88 Å². The number of piperidine rings is 1. The number of aliphatic carboxylic acids is 1. The Kier molecular flexibility index (Phi) is 4.57. The van der Waals surface area contributed by atoms with Crippen LogP contribution in [0.4, 0.5) is 0 Å². The highest BCUT2D eigenvalue weighted by Crippen LogP contribution is 2.28. The number of carbonyl (C=O) groups is 2. The molecule has 0 atom stereocenters. The minimum Gasteiger partial charge on any atom is -0.479 e. The fraction of sp³-hybridized carbons (Fsp3) is 0.227. The summed E-state index contributed by atoms with van der Waals surface area (Å²) < 4.78 is 0. The van der Waals surface area contributed by atoms with Crippen LogP contribution in [0.15, 0.2) is 60.7 Å². The topological polar surface area (TPSA) is 90.7 Å². The Morgan fingerprint density at radius 1 is 0.964 bits per heavy atom. The van der Waals surface area contributed by atoms with Gasteiger partial charge in [-0.1, -0.05) is 48.5 Å². The zero-order valence-electron chi connectivity index (χ0n) is 15.2. The van der Waals surface area contributed by atoms with E-state index in [0.717, 1.165) is 16.5 Å². The van der Waals surface area contributed by atoms with Crippen molar-refractivity contribution in [3.8, 4) is 11.3 Å². The van der Waals surface area contributed by atoms with Crippen LogP contribution < -0.4 is 0 Å². The molecule has 28 heavy (non-hydrogen) atoms. The Hall–Kier alpha value is -3.25. The third kappa shape index (κ3) is 3.23. The van der Waals surface area contributed by atoms with E-state index in [4.69, 9.17) is 4.98 Å². The average Bonchev–Trinajstić information content (AvgIpc) is 2.73. The van der Waals surface area contributed by atoms with Crippen molar-refractivity contribution in [2.24, 2.45) is 0 Å². The number of amides is 1. The molecule has 1 aromatic heterocycles. The van der Waals surface area contributed by atoms with Crippen LogP contribution in [0.5, 0.6) is 0 Å². The van der Waals surface area contributed by atoms with E-state index in [0.29, 0.717) is 11.3 Å². The van der Waals surface area contributed by atoms with Crippen molar-refractivity contribution in [3.05, 3.63) is 66.2 Å². The number of hydrogen-bond donors (Lipinski definition) is 2. The Morgan fingerprint density at radius 3 is 2.29 bits per heavy atom. The van der Waals surface area contributed by atoms with E-state index in [2.05, 4.69) is 0 Å². The highest BCUT2D eigenvalue weighted by atomic mass is 16.4. The number of rotatable bonds is 3. The third-order valence-electron chi connectivity index (χ3n) is 5.29. The van der Waals surface area contributed by atoms with Crippen LogP contribution in [-0.2, 0) is 4.79 Å².